The first-order valence-electron chi connectivity index (χ1n) is 11.4. The highest BCUT2D eigenvalue weighted by molar-refractivity contribution is 5.79. The number of carboxylic acids is 1. The minimum atomic E-state index is -2.22. The van der Waals surface area contributed by atoms with Crippen LogP contribution in [0.5, 0.6) is 5.75 Å². The second-order valence-corrected chi connectivity index (χ2v) is 8.73. The van der Waals surface area contributed by atoms with E-state index in [1.54, 1.807) is 30.5 Å². The van der Waals surface area contributed by atoms with Crippen molar-refractivity contribution in [1.29, 1.82) is 0 Å². The highest BCUT2D eigenvalue weighted by Gasteiger charge is 2.44. The van der Waals surface area contributed by atoms with E-state index in [9.17, 15) is 15.0 Å². The quantitative estimate of drug-likeness (QED) is 0.470. The van der Waals surface area contributed by atoms with E-state index < -0.39 is 17.6 Å². The monoisotopic (exact) mass is 446 g/mol. The number of rotatable bonds is 8. The Bertz CT molecular complexity index is 1060. The maximum atomic E-state index is 12.1. The van der Waals surface area contributed by atoms with Gasteiger partial charge in [0.1, 0.15) is 5.75 Å². The van der Waals surface area contributed by atoms with Crippen LogP contribution in [-0.2, 0) is 11.2 Å². The van der Waals surface area contributed by atoms with Gasteiger partial charge in [-0.2, -0.15) is 0 Å². The molecule has 6 heteroatoms. The van der Waals surface area contributed by atoms with Crippen LogP contribution in [-0.4, -0.2) is 32.9 Å². The van der Waals surface area contributed by atoms with E-state index in [4.69, 9.17) is 10.5 Å². The molecule has 2 atom stereocenters. The summed E-state index contributed by atoms with van der Waals surface area (Å²) in [6.07, 6.45) is 7.08. The largest absolute Gasteiger partial charge is 0.490 e. The van der Waals surface area contributed by atoms with Crippen LogP contribution >= 0.6 is 0 Å². The number of pyridine rings is 1. The molecule has 0 amide bonds. The first-order valence-corrected chi connectivity index (χ1v) is 11.4. The smallest absolute Gasteiger partial charge is 0.338 e. The number of aromatic nitrogens is 1. The third-order valence-electron chi connectivity index (χ3n) is 6.36. The summed E-state index contributed by atoms with van der Waals surface area (Å²) >= 11 is 0. The Labute approximate surface area is 194 Å². The zero-order valence-corrected chi connectivity index (χ0v) is 18.6. The third-order valence-corrected chi connectivity index (χ3v) is 6.36. The van der Waals surface area contributed by atoms with Gasteiger partial charge in [0.25, 0.3) is 0 Å². The van der Waals surface area contributed by atoms with Crippen LogP contribution in [0.2, 0.25) is 0 Å². The molecule has 1 heterocycles. The molecule has 0 aliphatic heterocycles. The topological polar surface area (TPSA) is 106 Å². The Hall–Kier alpha value is -3.22. The van der Waals surface area contributed by atoms with E-state index in [0.717, 1.165) is 36.8 Å². The van der Waals surface area contributed by atoms with Crippen molar-refractivity contribution in [2.75, 3.05) is 0 Å². The van der Waals surface area contributed by atoms with Crippen LogP contribution < -0.4 is 10.5 Å². The predicted molar refractivity (Wildman–Crippen MR) is 127 cm³/mol. The minimum absolute atomic E-state index is 0.165. The summed E-state index contributed by atoms with van der Waals surface area (Å²) in [6, 6.07) is 19.5. The molecule has 1 aliphatic carbocycles. The van der Waals surface area contributed by atoms with Crippen molar-refractivity contribution in [1.82, 2.24) is 4.98 Å². The molecular formula is C27H30N2O4. The van der Waals surface area contributed by atoms with Crippen LogP contribution in [0.4, 0.5) is 0 Å². The second-order valence-electron chi connectivity index (χ2n) is 8.73. The Morgan fingerprint density at radius 2 is 1.70 bits per heavy atom. The molecule has 0 saturated heterocycles. The Kier molecular flexibility index (Phi) is 7.06. The molecule has 172 valence electrons. The fourth-order valence-electron chi connectivity index (χ4n) is 4.39. The molecule has 2 aromatic carbocycles. The summed E-state index contributed by atoms with van der Waals surface area (Å²) in [7, 11) is 0. The fourth-order valence-corrected chi connectivity index (χ4v) is 4.39. The summed E-state index contributed by atoms with van der Waals surface area (Å²) in [5, 5.41) is 21.1. The lowest BCUT2D eigenvalue weighted by atomic mass is 9.84. The lowest BCUT2D eigenvalue weighted by Gasteiger charge is -2.30. The molecule has 1 aromatic heterocycles. The van der Waals surface area contributed by atoms with Gasteiger partial charge >= 0.3 is 5.97 Å². The molecule has 4 N–H and O–H groups in total. The number of carbonyl (C=O) groups is 1. The Morgan fingerprint density at radius 3 is 2.36 bits per heavy atom. The van der Waals surface area contributed by atoms with Gasteiger partial charge in [0.05, 0.1) is 12.1 Å². The minimum Gasteiger partial charge on any atom is -0.490 e. The van der Waals surface area contributed by atoms with E-state index >= 15 is 0 Å². The molecule has 0 unspecified atom stereocenters. The molecule has 0 spiro atoms. The van der Waals surface area contributed by atoms with Crippen LogP contribution in [0.25, 0.3) is 11.1 Å². The number of hydrogen-bond donors (Lipinski definition) is 3. The summed E-state index contributed by atoms with van der Waals surface area (Å²) < 4.78 is 6.07. The van der Waals surface area contributed by atoms with Gasteiger partial charge in [-0.1, -0.05) is 61.0 Å². The SMILES string of the molecule is N[C@@H](c1ccc(-c2ccccc2)cc1)[C@](O)(Cc1cc(OC2CCCCC2)ccn1)C(=O)O. The average Bonchev–Trinajstić information content (AvgIpc) is 2.85. The van der Waals surface area contributed by atoms with E-state index in [0.29, 0.717) is 17.0 Å². The Balaban J connectivity index is 1.52. The van der Waals surface area contributed by atoms with Crippen molar-refractivity contribution in [2.45, 2.75) is 56.3 Å². The van der Waals surface area contributed by atoms with Gasteiger partial charge in [-0.15, -0.1) is 0 Å². The van der Waals surface area contributed by atoms with Crippen molar-refractivity contribution >= 4 is 5.97 Å². The highest BCUT2D eigenvalue weighted by Crippen LogP contribution is 2.31. The van der Waals surface area contributed by atoms with Gasteiger partial charge in [-0.25, -0.2) is 4.79 Å². The van der Waals surface area contributed by atoms with Gasteiger partial charge in [0, 0.05) is 24.4 Å². The maximum absolute atomic E-state index is 12.1. The molecule has 3 aromatic rings. The first-order chi connectivity index (χ1) is 16.0. The van der Waals surface area contributed by atoms with Crippen LogP contribution in [0.1, 0.15) is 49.4 Å². The second kappa shape index (κ2) is 10.1. The predicted octanol–water partition coefficient (Wildman–Crippen LogP) is 4.52. The summed E-state index contributed by atoms with van der Waals surface area (Å²) in [5.74, 6) is -0.747. The maximum Gasteiger partial charge on any atom is 0.338 e. The number of carboxylic acid groups (broad SMARTS) is 1. The molecule has 33 heavy (non-hydrogen) atoms. The van der Waals surface area contributed by atoms with E-state index in [2.05, 4.69) is 4.98 Å². The molecular weight excluding hydrogens is 416 g/mol. The Morgan fingerprint density at radius 1 is 1.03 bits per heavy atom. The van der Waals surface area contributed by atoms with Crippen molar-refractivity contribution in [3.8, 4) is 16.9 Å². The summed E-state index contributed by atoms with van der Waals surface area (Å²) in [4.78, 5) is 16.4. The van der Waals surface area contributed by atoms with Gasteiger partial charge in [-0.3, -0.25) is 4.98 Å². The van der Waals surface area contributed by atoms with Crippen LogP contribution in [0.3, 0.4) is 0 Å². The highest BCUT2D eigenvalue weighted by atomic mass is 16.5. The van der Waals surface area contributed by atoms with Gasteiger partial charge < -0.3 is 20.7 Å². The third kappa shape index (κ3) is 5.41. The van der Waals surface area contributed by atoms with Crippen molar-refractivity contribution < 1.29 is 19.7 Å². The van der Waals surface area contributed by atoms with E-state index in [-0.39, 0.29) is 12.5 Å². The number of ether oxygens (including phenoxy) is 1. The van der Waals surface area contributed by atoms with E-state index in [1.165, 1.54) is 6.42 Å². The standard InChI is InChI=1S/C27H30N2O4/c28-25(21-13-11-20(12-14-21)19-7-3-1-4-8-19)27(32,26(30)31)18-22-17-24(15-16-29-22)33-23-9-5-2-6-10-23/h1,3-4,7-8,11-17,23,25,32H,2,5-6,9-10,18,28H2,(H,30,31)/t25-,27+/m0/s1. The molecule has 4 rings (SSSR count). The number of nitrogens with two attached hydrogens (primary N) is 1. The molecule has 6 nitrogen and oxygen atoms in total. The molecule has 1 fully saturated rings. The van der Waals surface area contributed by atoms with Gasteiger partial charge in [0.15, 0.2) is 5.60 Å². The number of benzene rings is 2. The van der Waals surface area contributed by atoms with Crippen LogP contribution in [0.15, 0.2) is 72.9 Å². The lowest BCUT2D eigenvalue weighted by molar-refractivity contribution is -0.161. The lowest BCUT2D eigenvalue weighted by Crippen LogP contribution is -2.50. The van der Waals surface area contributed by atoms with Crippen LogP contribution in [0, 0.1) is 0 Å². The number of hydrogen-bond acceptors (Lipinski definition) is 5. The van der Waals surface area contributed by atoms with Crippen molar-refractivity contribution in [3.63, 3.8) is 0 Å². The number of aliphatic carboxylic acids is 1. The zero-order chi connectivity index (χ0) is 23.3. The fraction of sp³-hybridized carbons (Fsp3) is 0.333. The summed E-state index contributed by atoms with van der Waals surface area (Å²) in [6.45, 7) is 0. The normalized spacial score (nSPS) is 17.2. The molecule has 1 aliphatic rings. The van der Waals surface area contributed by atoms with Crippen molar-refractivity contribution in [3.05, 3.63) is 84.2 Å². The first kappa shape index (κ1) is 23.0. The average molecular weight is 447 g/mol. The summed E-state index contributed by atoms with van der Waals surface area (Å²) in [5.41, 5.74) is 7.08. The van der Waals surface area contributed by atoms with Gasteiger partial charge in [-0.05, 0) is 48.4 Å². The van der Waals surface area contributed by atoms with Crippen molar-refractivity contribution in [2.24, 2.45) is 5.73 Å². The van der Waals surface area contributed by atoms with Gasteiger partial charge in [0.2, 0.25) is 0 Å². The molecule has 0 bridgehead atoms. The number of nitrogens with zero attached hydrogens (tertiary/aromatic N) is 1. The molecule has 1 saturated carbocycles. The van der Waals surface area contributed by atoms with E-state index in [1.807, 2.05) is 42.5 Å². The zero-order valence-electron chi connectivity index (χ0n) is 18.6. The number of aliphatic hydroxyl groups is 1. The molecule has 0 radical (unpaired) electrons.